The molecule has 2 aromatic rings. The predicted molar refractivity (Wildman–Crippen MR) is 85.7 cm³/mol. The molecule has 1 aromatic carbocycles. The third-order valence-electron chi connectivity index (χ3n) is 3.64. The molecule has 0 bridgehead atoms. The van der Waals surface area contributed by atoms with Gasteiger partial charge in [0.15, 0.2) is 0 Å². The van der Waals surface area contributed by atoms with Crippen molar-refractivity contribution in [2.24, 2.45) is 0 Å². The van der Waals surface area contributed by atoms with Crippen LogP contribution in [-0.2, 0) is 23.8 Å². The maximum Gasteiger partial charge on any atom is 0.355 e. The molecule has 0 radical (unpaired) electrons. The molecule has 1 aromatic heterocycles. The van der Waals surface area contributed by atoms with E-state index in [0.29, 0.717) is 5.69 Å². The van der Waals surface area contributed by atoms with Crippen molar-refractivity contribution in [3.63, 3.8) is 0 Å². The van der Waals surface area contributed by atoms with Gasteiger partial charge in [0.2, 0.25) is 0 Å². The van der Waals surface area contributed by atoms with E-state index in [-0.39, 0.29) is 24.6 Å². The van der Waals surface area contributed by atoms with E-state index in [9.17, 15) is 9.59 Å². The normalized spacial score (nSPS) is 14.4. The number of carbonyl (C=O) groups is 2. The van der Waals surface area contributed by atoms with Crippen molar-refractivity contribution in [1.82, 2.24) is 15.0 Å². The minimum Gasteiger partial charge on any atom is -0.466 e. The van der Waals surface area contributed by atoms with Crippen molar-refractivity contribution >= 4 is 17.6 Å². The molecular weight excluding hydrogens is 328 g/mol. The summed E-state index contributed by atoms with van der Waals surface area (Å²) < 4.78 is 15.0. The first-order valence-electron chi connectivity index (χ1n) is 7.37. The van der Waals surface area contributed by atoms with E-state index >= 15 is 0 Å². The fourth-order valence-corrected chi connectivity index (χ4v) is 2.46. The highest BCUT2D eigenvalue weighted by molar-refractivity contribution is 6.03. The monoisotopic (exact) mass is 344 g/mol. The summed E-state index contributed by atoms with van der Waals surface area (Å²) in [4.78, 5) is 27.2. The van der Waals surface area contributed by atoms with Crippen molar-refractivity contribution < 1.29 is 23.8 Å². The van der Waals surface area contributed by atoms with Gasteiger partial charge in [0.1, 0.15) is 12.4 Å². The van der Waals surface area contributed by atoms with Gasteiger partial charge < -0.3 is 19.1 Å². The van der Waals surface area contributed by atoms with Gasteiger partial charge in [-0.25, -0.2) is 9.59 Å². The Labute approximate surface area is 143 Å². The fourth-order valence-electron chi connectivity index (χ4n) is 2.46. The summed E-state index contributed by atoms with van der Waals surface area (Å²) in [5, 5.41) is 8.11. The van der Waals surface area contributed by atoms with Crippen LogP contribution in [0.4, 0.5) is 5.69 Å². The van der Waals surface area contributed by atoms with Crippen LogP contribution < -0.4 is 4.90 Å². The molecule has 1 aliphatic heterocycles. The minimum absolute atomic E-state index is 0.0249. The van der Waals surface area contributed by atoms with Crippen LogP contribution >= 0.6 is 0 Å². The van der Waals surface area contributed by atoms with Crippen LogP contribution in [0.5, 0.6) is 0 Å². The molecule has 0 aliphatic carbocycles. The number of anilines is 1. The number of benzene rings is 1. The maximum atomic E-state index is 12.2. The zero-order chi connectivity index (χ0) is 17.8. The Kier molecular flexibility index (Phi) is 4.75. The average Bonchev–Trinajstić information content (AvgIpc) is 3.21. The molecule has 0 fully saturated rings. The lowest BCUT2D eigenvalue weighted by Gasteiger charge is -2.31. The molecular formula is C16H16N4O5. The number of hydrogen-bond acceptors (Lipinski definition) is 8. The van der Waals surface area contributed by atoms with Crippen molar-refractivity contribution in [1.29, 1.82) is 0 Å². The second-order valence-electron chi connectivity index (χ2n) is 5.05. The molecule has 0 saturated carbocycles. The largest absolute Gasteiger partial charge is 0.466 e. The molecule has 0 atom stereocenters. The van der Waals surface area contributed by atoms with E-state index in [1.54, 1.807) is 41.6 Å². The number of hydrogen-bond donors (Lipinski definition) is 0. The van der Waals surface area contributed by atoms with Gasteiger partial charge in [-0.1, -0.05) is 0 Å². The van der Waals surface area contributed by atoms with Crippen molar-refractivity contribution in [2.45, 2.75) is 0 Å². The molecule has 25 heavy (non-hydrogen) atoms. The maximum absolute atomic E-state index is 12.2. The summed E-state index contributed by atoms with van der Waals surface area (Å²) in [5.74, 6) is -1.27. The number of rotatable bonds is 4. The van der Waals surface area contributed by atoms with E-state index in [2.05, 4.69) is 10.2 Å². The van der Waals surface area contributed by atoms with Crippen molar-refractivity contribution in [3.05, 3.63) is 47.9 Å². The van der Waals surface area contributed by atoms with Crippen LogP contribution in [0.1, 0.15) is 0 Å². The summed E-state index contributed by atoms with van der Waals surface area (Å²) >= 11 is 0. The highest BCUT2D eigenvalue weighted by atomic mass is 16.5. The Morgan fingerprint density at radius 1 is 1.00 bits per heavy atom. The molecule has 0 unspecified atom stereocenters. The molecule has 130 valence electrons. The molecule has 9 nitrogen and oxygen atoms in total. The van der Waals surface area contributed by atoms with Crippen molar-refractivity contribution in [3.8, 4) is 5.69 Å². The number of methoxy groups -OCH3 is 2. The van der Waals surface area contributed by atoms with Gasteiger partial charge in [0.25, 0.3) is 0 Å². The van der Waals surface area contributed by atoms with E-state index in [1.807, 2.05) is 0 Å². The average molecular weight is 344 g/mol. The summed E-state index contributed by atoms with van der Waals surface area (Å²) in [6.45, 7) is 0.0766. The minimum atomic E-state index is -0.637. The lowest BCUT2D eigenvalue weighted by Crippen LogP contribution is -2.38. The summed E-state index contributed by atoms with van der Waals surface area (Å²) in [6.07, 6.45) is 3.15. The molecule has 9 heteroatoms. The summed E-state index contributed by atoms with van der Waals surface area (Å²) in [6, 6.07) is 7.11. The Morgan fingerprint density at radius 2 is 1.60 bits per heavy atom. The Balaban J connectivity index is 1.99. The molecule has 2 heterocycles. The van der Waals surface area contributed by atoms with E-state index < -0.39 is 11.9 Å². The van der Waals surface area contributed by atoms with E-state index in [1.165, 1.54) is 19.0 Å². The third kappa shape index (κ3) is 3.22. The van der Waals surface area contributed by atoms with Gasteiger partial charge in [0, 0.05) is 5.69 Å². The first-order chi connectivity index (χ1) is 12.2. The Morgan fingerprint density at radius 3 is 2.20 bits per heavy atom. The lowest BCUT2D eigenvalue weighted by molar-refractivity contribution is -0.140. The van der Waals surface area contributed by atoms with E-state index in [0.717, 1.165) is 5.69 Å². The van der Waals surface area contributed by atoms with Gasteiger partial charge in [-0.05, 0) is 24.3 Å². The molecule has 0 saturated heterocycles. The van der Waals surface area contributed by atoms with Crippen LogP contribution in [0, 0.1) is 0 Å². The van der Waals surface area contributed by atoms with E-state index in [4.69, 9.17) is 14.2 Å². The zero-order valence-electron chi connectivity index (χ0n) is 13.7. The first kappa shape index (κ1) is 16.7. The van der Waals surface area contributed by atoms with Crippen LogP contribution in [-0.4, -0.2) is 54.5 Å². The molecule has 1 aliphatic rings. The summed E-state index contributed by atoms with van der Waals surface area (Å²) in [7, 11) is 2.50. The van der Waals surface area contributed by atoms with Crippen LogP contribution in [0.3, 0.4) is 0 Å². The highest BCUT2D eigenvalue weighted by Gasteiger charge is 2.32. The molecule has 0 amide bonds. The smallest absolute Gasteiger partial charge is 0.355 e. The number of carbonyl (C=O) groups excluding carboxylic acids is 2. The first-order valence-corrected chi connectivity index (χ1v) is 7.37. The van der Waals surface area contributed by atoms with Gasteiger partial charge >= 0.3 is 11.9 Å². The topological polar surface area (TPSA) is 95.8 Å². The van der Waals surface area contributed by atoms with Crippen LogP contribution in [0.25, 0.3) is 5.69 Å². The number of ether oxygens (including phenoxy) is 3. The van der Waals surface area contributed by atoms with Gasteiger partial charge in [0.05, 0.1) is 44.5 Å². The van der Waals surface area contributed by atoms with Gasteiger partial charge in [-0.15, -0.1) is 0 Å². The number of nitrogens with zero attached hydrogens (tertiary/aromatic N) is 4. The molecule has 0 spiro atoms. The fraction of sp³-hybridized carbons (Fsp3) is 0.250. The van der Waals surface area contributed by atoms with Crippen LogP contribution in [0.2, 0.25) is 0 Å². The molecule has 0 N–H and O–H groups in total. The number of aromatic nitrogens is 3. The van der Waals surface area contributed by atoms with Crippen molar-refractivity contribution in [2.75, 3.05) is 32.5 Å². The van der Waals surface area contributed by atoms with Gasteiger partial charge in [-0.2, -0.15) is 15.0 Å². The second-order valence-corrected chi connectivity index (χ2v) is 5.05. The SMILES string of the molecule is COC(=O)C1=C(C(=O)OC)N(c2ccc(-n3nccn3)cc2)COC1. The standard InChI is InChI=1S/C16H16N4O5/c1-23-15(21)13-9-25-10-19(14(13)16(22)24-2)11-3-5-12(6-4-11)20-17-7-8-18-20/h3-8H,9-10H2,1-2H3. The second kappa shape index (κ2) is 7.14. The highest BCUT2D eigenvalue weighted by Crippen LogP contribution is 2.27. The quantitative estimate of drug-likeness (QED) is 0.747. The zero-order valence-corrected chi connectivity index (χ0v) is 13.7. The lowest BCUT2D eigenvalue weighted by atomic mass is 10.1. The number of esters is 2. The Hall–Kier alpha value is -3.20. The summed E-state index contributed by atoms with van der Waals surface area (Å²) in [5.41, 5.74) is 1.62. The van der Waals surface area contributed by atoms with Gasteiger partial charge in [-0.3, -0.25) is 0 Å². The third-order valence-corrected chi connectivity index (χ3v) is 3.64. The Bertz CT molecular complexity index is 798. The predicted octanol–water partition coefficient (Wildman–Crippen LogP) is 0.661. The van der Waals surface area contributed by atoms with Crippen LogP contribution in [0.15, 0.2) is 47.9 Å². The molecule has 3 rings (SSSR count).